The highest BCUT2D eigenvalue weighted by Crippen LogP contribution is 2.32. The fourth-order valence-electron chi connectivity index (χ4n) is 3.23. The van der Waals surface area contributed by atoms with Gasteiger partial charge in [-0.3, -0.25) is 10.1 Å². The van der Waals surface area contributed by atoms with Crippen molar-refractivity contribution in [1.82, 2.24) is 15.2 Å². The summed E-state index contributed by atoms with van der Waals surface area (Å²) in [6.45, 7) is -0.206. The summed E-state index contributed by atoms with van der Waals surface area (Å²) in [4.78, 5) is 24.4. The number of carbonyl (C=O) groups is 2. The third kappa shape index (κ3) is 3.29. The average Bonchev–Trinajstić information content (AvgIpc) is 3.18. The molecule has 0 unspecified atom stereocenters. The molecule has 1 saturated heterocycles. The summed E-state index contributed by atoms with van der Waals surface area (Å²) in [7, 11) is 1.51. The summed E-state index contributed by atoms with van der Waals surface area (Å²) in [6.07, 6.45) is 1.62. The van der Waals surface area contributed by atoms with Gasteiger partial charge in [0.2, 0.25) is 5.54 Å². The van der Waals surface area contributed by atoms with Crippen molar-refractivity contribution in [3.63, 3.8) is 0 Å². The van der Waals surface area contributed by atoms with Crippen molar-refractivity contribution in [2.24, 2.45) is 0 Å². The van der Waals surface area contributed by atoms with Gasteiger partial charge in [0.25, 0.3) is 5.91 Å². The molecule has 2 heterocycles. The Hall–Kier alpha value is -3.70. The smallest absolute Gasteiger partial charge is 0.323 e. The predicted octanol–water partition coefficient (Wildman–Crippen LogP) is 2.78. The van der Waals surface area contributed by atoms with Crippen molar-refractivity contribution in [1.29, 1.82) is 0 Å². The van der Waals surface area contributed by atoms with Crippen LogP contribution >= 0.6 is 11.6 Å². The number of benzene rings is 2. The van der Waals surface area contributed by atoms with E-state index in [9.17, 15) is 19.1 Å². The first-order valence-corrected chi connectivity index (χ1v) is 9.17. The van der Waals surface area contributed by atoms with E-state index >= 15 is 0 Å². The molecule has 0 bridgehead atoms. The Morgan fingerprint density at radius 3 is 2.80 bits per heavy atom. The maximum Gasteiger partial charge on any atom is 0.323 e. The molecular formula is C21H15ClFN3O4. The number of urea groups is 1. The number of ether oxygens (including phenoxy) is 1. The number of amides is 3. The minimum Gasteiger partial charge on any atom is -0.497 e. The third-order valence-electron chi connectivity index (χ3n) is 4.78. The zero-order chi connectivity index (χ0) is 21.5. The van der Waals surface area contributed by atoms with Crippen molar-refractivity contribution in [2.45, 2.75) is 12.1 Å². The SMILES string of the molecule is COc1ccc2cn(C[C@@]3(C#Cc4cccc(Cl)c4F)NC(=O)NC3=O)c(O)c2c1. The van der Waals surface area contributed by atoms with Crippen molar-refractivity contribution < 1.29 is 23.8 Å². The fraction of sp³-hybridized carbons (Fsp3) is 0.143. The van der Waals surface area contributed by atoms with Crippen LogP contribution in [0.1, 0.15) is 5.56 Å². The molecule has 30 heavy (non-hydrogen) atoms. The molecule has 9 heteroatoms. The number of nitrogens with zero attached hydrogens (tertiary/aromatic N) is 1. The maximum absolute atomic E-state index is 14.2. The zero-order valence-corrected chi connectivity index (χ0v) is 16.4. The van der Waals surface area contributed by atoms with Crippen LogP contribution in [-0.4, -0.2) is 34.3 Å². The number of hydrogen-bond donors (Lipinski definition) is 3. The van der Waals surface area contributed by atoms with E-state index in [1.54, 1.807) is 24.4 Å². The molecule has 7 nitrogen and oxygen atoms in total. The van der Waals surface area contributed by atoms with Crippen LogP contribution in [0.5, 0.6) is 11.6 Å². The first-order chi connectivity index (χ1) is 14.3. The van der Waals surface area contributed by atoms with E-state index < -0.39 is 23.3 Å². The summed E-state index contributed by atoms with van der Waals surface area (Å²) in [5, 5.41) is 16.3. The van der Waals surface area contributed by atoms with E-state index in [-0.39, 0.29) is 23.0 Å². The number of imide groups is 1. The van der Waals surface area contributed by atoms with E-state index in [2.05, 4.69) is 22.5 Å². The number of nitrogens with one attached hydrogen (secondary N) is 2. The zero-order valence-electron chi connectivity index (χ0n) is 15.6. The largest absolute Gasteiger partial charge is 0.497 e. The van der Waals surface area contributed by atoms with Gasteiger partial charge >= 0.3 is 6.03 Å². The van der Waals surface area contributed by atoms with Gasteiger partial charge in [-0.15, -0.1) is 0 Å². The van der Waals surface area contributed by atoms with Gasteiger partial charge in [0.05, 0.1) is 24.2 Å². The second kappa shape index (κ2) is 7.28. The highest BCUT2D eigenvalue weighted by molar-refractivity contribution is 6.30. The fourth-order valence-corrected chi connectivity index (χ4v) is 3.41. The second-order valence-electron chi connectivity index (χ2n) is 6.70. The molecule has 1 atom stereocenters. The Labute approximate surface area is 175 Å². The Kier molecular flexibility index (Phi) is 4.76. The van der Waals surface area contributed by atoms with Gasteiger partial charge in [0.15, 0.2) is 11.7 Å². The first-order valence-electron chi connectivity index (χ1n) is 8.79. The summed E-state index contributed by atoms with van der Waals surface area (Å²) in [5.41, 5.74) is -1.75. The highest BCUT2D eigenvalue weighted by atomic mass is 35.5. The van der Waals surface area contributed by atoms with E-state index in [0.717, 1.165) is 0 Å². The molecule has 2 aromatic carbocycles. The minimum atomic E-state index is -1.72. The standard InChI is InChI=1S/C21H15ClFN3O4/c1-30-14-6-5-13-10-26(18(27)15(13)9-14)11-21(19(28)24-20(29)25-21)8-7-12-3-2-4-16(22)17(12)23/h2-6,9-10,27H,11H2,1H3,(H2,24,25,28,29)/t21-/m1/s1. The maximum atomic E-state index is 14.2. The molecule has 0 spiro atoms. The molecule has 3 aromatic rings. The Balaban J connectivity index is 1.78. The number of rotatable bonds is 3. The van der Waals surface area contributed by atoms with Crippen molar-refractivity contribution in [3.8, 4) is 23.5 Å². The van der Waals surface area contributed by atoms with Gasteiger partial charge in [-0.25, -0.2) is 9.18 Å². The third-order valence-corrected chi connectivity index (χ3v) is 5.07. The number of aromatic hydroxyl groups is 1. The van der Waals surface area contributed by atoms with Crippen LogP contribution in [0, 0.1) is 17.7 Å². The summed E-state index contributed by atoms with van der Waals surface area (Å²) in [6, 6.07) is 8.69. The Morgan fingerprint density at radius 2 is 2.10 bits per heavy atom. The molecule has 3 N–H and O–H groups in total. The Bertz CT molecular complexity index is 1260. The lowest BCUT2D eigenvalue weighted by Crippen LogP contribution is -2.49. The monoisotopic (exact) mass is 427 g/mol. The number of fused-ring (bicyclic) bond motifs is 1. The molecule has 0 saturated carbocycles. The lowest BCUT2D eigenvalue weighted by atomic mass is 9.99. The lowest BCUT2D eigenvalue weighted by molar-refractivity contribution is -0.122. The van der Waals surface area contributed by atoms with Crippen LogP contribution in [0.4, 0.5) is 9.18 Å². The molecule has 0 radical (unpaired) electrons. The highest BCUT2D eigenvalue weighted by Gasteiger charge is 2.46. The molecule has 1 aromatic heterocycles. The van der Waals surface area contributed by atoms with Gasteiger partial charge in [0, 0.05) is 17.0 Å². The second-order valence-corrected chi connectivity index (χ2v) is 7.11. The average molecular weight is 428 g/mol. The van der Waals surface area contributed by atoms with E-state index in [1.807, 2.05) is 0 Å². The van der Waals surface area contributed by atoms with Gasteiger partial charge in [-0.2, -0.15) is 0 Å². The van der Waals surface area contributed by atoms with Gasteiger partial charge < -0.3 is 19.7 Å². The van der Waals surface area contributed by atoms with Gasteiger partial charge in [0.1, 0.15) is 5.75 Å². The number of aromatic nitrogens is 1. The van der Waals surface area contributed by atoms with Crippen molar-refractivity contribution in [3.05, 3.63) is 59.0 Å². The van der Waals surface area contributed by atoms with Crippen LogP contribution in [0.2, 0.25) is 5.02 Å². The van der Waals surface area contributed by atoms with Crippen LogP contribution < -0.4 is 15.4 Å². The molecular weight excluding hydrogens is 413 g/mol. The molecule has 1 fully saturated rings. The first kappa shape index (κ1) is 19.6. The minimum absolute atomic E-state index is 0.0255. The number of hydrogen-bond acceptors (Lipinski definition) is 4. The molecule has 1 aliphatic rings. The molecule has 4 rings (SSSR count). The van der Waals surface area contributed by atoms with E-state index in [1.165, 1.54) is 29.9 Å². The molecule has 0 aliphatic carbocycles. The lowest BCUT2D eigenvalue weighted by Gasteiger charge is -2.20. The van der Waals surface area contributed by atoms with E-state index in [4.69, 9.17) is 16.3 Å². The number of methoxy groups -OCH3 is 1. The summed E-state index contributed by atoms with van der Waals surface area (Å²) < 4.78 is 20.8. The van der Waals surface area contributed by atoms with E-state index in [0.29, 0.717) is 16.5 Å². The van der Waals surface area contributed by atoms with Crippen LogP contribution in [0.25, 0.3) is 10.8 Å². The predicted molar refractivity (Wildman–Crippen MR) is 108 cm³/mol. The number of carbonyl (C=O) groups excluding carboxylic acids is 2. The summed E-state index contributed by atoms with van der Waals surface area (Å²) >= 11 is 5.78. The Morgan fingerprint density at radius 1 is 1.30 bits per heavy atom. The number of halogens is 2. The topological polar surface area (TPSA) is 92.6 Å². The van der Waals surface area contributed by atoms with Crippen molar-refractivity contribution in [2.75, 3.05) is 7.11 Å². The molecule has 3 amide bonds. The van der Waals surface area contributed by atoms with Crippen LogP contribution in [-0.2, 0) is 11.3 Å². The van der Waals surface area contributed by atoms with Crippen molar-refractivity contribution >= 4 is 34.3 Å². The van der Waals surface area contributed by atoms with Crippen LogP contribution in [0.15, 0.2) is 42.6 Å². The molecule has 152 valence electrons. The normalized spacial score (nSPS) is 18.0. The van der Waals surface area contributed by atoms with Crippen LogP contribution in [0.3, 0.4) is 0 Å². The quantitative estimate of drug-likeness (QED) is 0.442. The summed E-state index contributed by atoms with van der Waals surface area (Å²) in [5.74, 6) is 4.21. The van der Waals surface area contributed by atoms with Gasteiger partial charge in [-0.1, -0.05) is 29.5 Å². The molecule has 1 aliphatic heterocycles. The van der Waals surface area contributed by atoms with Gasteiger partial charge in [-0.05, 0) is 30.3 Å².